The van der Waals surface area contributed by atoms with Gasteiger partial charge in [-0.15, -0.1) is 0 Å². The van der Waals surface area contributed by atoms with Crippen molar-refractivity contribution in [1.29, 1.82) is 0 Å². The van der Waals surface area contributed by atoms with Gasteiger partial charge in [0.15, 0.2) is 5.78 Å². The van der Waals surface area contributed by atoms with E-state index in [1.165, 1.54) is 5.56 Å². The molecule has 0 aromatic heterocycles. The van der Waals surface area contributed by atoms with Gasteiger partial charge in [-0.2, -0.15) is 0 Å². The molecule has 0 saturated carbocycles. The second-order valence-electron chi connectivity index (χ2n) is 6.09. The Bertz CT molecular complexity index is 651. The fraction of sp³-hybridized carbons (Fsp3) is 0.278. The Morgan fingerprint density at radius 3 is 2.20 bits per heavy atom. The minimum atomic E-state index is -0.0199. The lowest BCUT2D eigenvalue weighted by molar-refractivity contribution is 0.103. The molecular weight excluding hydrogens is 268 g/mol. The van der Waals surface area contributed by atoms with Gasteiger partial charge in [-0.3, -0.25) is 4.79 Å². The van der Waals surface area contributed by atoms with Crippen LogP contribution in [0.4, 0.5) is 0 Å². The first-order chi connectivity index (χ1) is 9.30. The Balaban J connectivity index is 2.45. The van der Waals surface area contributed by atoms with Crippen LogP contribution in [0.2, 0.25) is 5.02 Å². The normalized spacial score (nSPS) is 11.4. The van der Waals surface area contributed by atoms with Crippen molar-refractivity contribution >= 4 is 17.4 Å². The molecule has 0 aliphatic carbocycles. The summed E-state index contributed by atoms with van der Waals surface area (Å²) in [4.78, 5) is 12.6. The van der Waals surface area contributed by atoms with Crippen LogP contribution >= 0.6 is 11.6 Å². The average Bonchev–Trinajstić information content (AvgIpc) is 2.37. The van der Waals surface area contributed by atoms with E-state index < -0.39 is 0 Å². The van der Waals surface area contributed by atoms with Crippen molar-refractivity contribution in [2.24, 2.45) is 0 Å². The van der Waals surface area contributed by atoms with Gasteiger partial charge < -0.3 is 0 Å². The molecule has 0 fully saturated rings. The summed E-state index contributed by atoms with van der Waals surface area (Å²) in [5.41, 5.74) is 3.57. The third-order valence-electron chi connectivity index (χ3n) is 3.46. The molecule has 0 unspecified atom stereocenters. The first-order valence-electron chi connectivity index (χ1n) is 6.71. The Kier molecular flexibility index (Phi) is 4.01. The molecule has 0 saturated heterocycles. The molecule has 0 radical (unpaired) electrons. The van der Waals surface area contributed by atoms with Gasteiger partial charge in [-0.05, 0) is 35.6 Å². The number of ketones is 1. The summed E-state index contributed by atoms with van der Waals surface area (Å²) in [6, 6.07) is 13.2. The van der Waals surface area contributed by atoms with Gasteiger partial charge in [0.25, 0.3) is 0 Å². The summed E-state index contributed by atoms with van der Waals surface area (Å²) in [6.45, 7) is 8.46. The van der Waals surface area contributed by atoms with E-state index in [1.54, 1.807) is 12.1 Å². The number of benzene rings is 2. The van der Waals surface area contributed by atoms with Crippen molar-refractivity contribution in [1.82, 2.24) is 0 Å². The van der Waals surface area contributed by atoms with Crippen molar-refractivity contribution < 1.29 is 4.79 Å². The number of hydrogen-bond acceptors (Lipinski definition) is 1. The maximum Gasteiger partial charge on any atom is 0.194 e. The molecule has 104 valence electrons. The maximum atomic E-state index is 12.6. The topological polar surface area (TPSA) is 17.1 Å². The van der Waals surface area contributed by atoms with Gasteiger partial charge in [0, 0.05) is 11.1 Å². The molecule has 2 aromatic carbocycles. The molecule has 0 aliphatic rings. The molecular formula is C18H19ClO. The molecule has 0 spiro atoms. The minimum Gasteiger partial charge on any atom is -0.289 e. The highest BCUT2D eigenvalue weighted by molar-refractivity contribution is 6.35. The van der Waals surface area contributed by atoms with Crippen LogP contribution < -0.4 is 0 Å². The third kappa shape index (κ3) is 2.94. The molecule has 2 rings (SSSR count). The summed E-state index contributed by atoms with van der Waals surface area (Å²) >= 11 is 6.10. The van der Waals surface area contributed by atoms with E-state index in [9.17, 15) is 4.79 Å². The number of rotatable bonds is 2. The predicted octanol–water partition coefficient (Wildman–Crippen LogP) is 5.18. The highest BCUT2D eigenvalue weighted by atomic mass is 35.5. The second kappa shape index (κ2) is 5.41. The highest BCUT2D eigenvalue weighted by Gasteiger charge is 2.18. The van der Waals surface area contributed by atoms with Crippen molar-refractivity contribution in [3.63, 3.8) is 0 Å². The molecule has 0 bridgehead atoms. The van der Waals surface area contributed by atoms with Gasteiger partial charge >= 0.3 is 0 Å². The first-order valence-corrected chi connectivity index (χ1v) is 7.09. The largest absolute Gasteiger partial charge is 0.289 e. The number of hydrogen-bond donors (Lipinski definition) is 0. The average molecular weight is 287 g/mol. The zero-order valence-electron chi connectivity index (χ0n) is 12.3. The Morgan fingerprint density at radius 1 is 1.00 bits per heavy atom. The molecule has 0 heterocycles. The molecule has 0 aliphatic heterocycles. The standard InChI is InChI=1S/C18H19ClO/c1-12-11-13(18(2,3)4)9-10-14(12)17(20)15-7-5-6-8-16(15)19/h5-11H,1-4H3. The Morgan fingerprint density at radius 2 is 1.65 bits per heavy atom. The van der Waals surface area contributed by atoms with E-state index in [0.717, 1.165) is 5.56 Å². The number of carbonyl (C=O) groups is 1. The van der Waals surface area contributed by atoms with Crippen molar-refractivity contribution in [2.75, 3.05) is 0 Å². The van der Waals surface area contributed by atoms with Crippen LogP contribution in [0.1, 0.15) is 47.8 Å². The van der Waals surface area contributed by atoms with E-state index in [-0.39, 0.29) is 11.2 Å². The number of aryl methyl sites for hydroxylation is 1. The van der Waals surface area contributed by atoms with Gasteiger partial charge in [0.1, 0.15) is 0 Å². The molecule has 0 atom stereocenters. The SMILES string of the molecule is Cc1cc(C(C)(C)C)ccc1C(=O)c1ccccc1Cl. The fourth-order valence-corrected chi connectivity index (χ4v) is 2.40. The van der Waals surface area contributed by atoms with Crippen LogP contribution in [0.3, 0.4) is 0 Å². The Labute approximate surface area is 125 Å². The van der Waals surface area contributed by atoms with Crippen LogP contribution in [0, 0.1) is 6.92 Å². The van der Waals surface area contributed by atoms with Gasteiger partial charge in [0.2, 0.25) is 0 Å². The monoisotopic (exact) mass is 286 g/mol. The van der Waals surface area contributed by atoms with Crippen LogP contribution in [-0.2, 0) is 5.41 Å². The number of halogens is 1. The first kappa shape index (κ1) is 14.8. The number of carbonyl (C=O) groups excluding carboxylic acids is 1. The zero-order valence-corrected chi connectivity index (χ0v) is 13.1. The van der Waals surface area contributed by atoms with Gasteiger partial charge in [-0.25, -0.2) is 0 Å². The second-order valence-corrected chi connectivity index (χ2v) is 6.50. The van der Waals surface area contributed by atoms with Crippen LogP contribution in [0.25, 0.3) is 0 Å². The van der Waals surface area contributed by atoms with Crippen LogP contribution in [-0.4, -0.2) is 5.78 Å². The lowest BCUT2D eigenvalue weighted by Crippen LogP contribution is -2.13. The van der Waals surface area contributed by atoms with Crippen molar-refractivity contribution in [3.05, 3.63) is 69.7 Å². The van der Waals surface area contributed by atoms with E-state index in [4.69, 9.17) is 11.6 Å². The van der Waals surface area contributed by atoms with E-state index >= 15 is 0 Å². The molecule has 20 heavy (non-hydrogen) atoms. The van der Waals surface area contributed by atoms with Crippen LogP contribution in [0.15, 0.2) is 42.5 Å². The third-order valence-corrected chi connectivity index (χ3v) is 3.79. The summed E-state index contributed by atoms with van der Waals surface area (Å²) in [7, 11) is 0. The molecule has 1 nitrogen and oxygen atoms in total. The summed E-state index contributed by atoms with van der Waals surface area (Å²) in [5.74, 6) is -0.0199. The lowest BCUT2D eigenvalue weighted by atomic mass is 9.84. The summed E-state index contributed by atoms with van der Waals surface area (Å²) < 4.78 is 0. The molecule has 2 aromatic rings. The molecule has 0 N–H and O–H groups in total. The minimum absolute atomic E-state index is 0.0199. The van der Waals surface area contributed by atoms with Crippen molar-refractivity contribution in [3.8, 4) is 0 Å². The van der Waals surface area contributed by atoms with E-state index in [0.29, 0.717) is 16.1 Å². The smallest absolute Gasteiger partial charge is 0.194 e. The van der Waals surface area contributed by atoms with Gasteiger partial charge in [0.05, 0.1) is 5.02 Å². The van der Waals surface area contributed by atoms with Gasteiger partial charge in [-0.1, -0.05) is 62.7 Å². The summed E-state index contributed by atoms with van der Waals surface area (Å²) in [5, 5.41) is 0.497. The fourth-order valence-electron chi connectivity index (χ4n) is 2.18. The zero-order chi connectivity index (χ0) is 14.9. The molecule has 2 heteroatoms. The highest BCUT2D eigenvalue weighted by Crippen LogP contribution is 2.26. The molecule has 0 amide bonds. The Hall–Kier alpha value is -1.60. The van der Waals surface area contributed by atoms with E-state index in [1.807, 2.05) is 31.2 Å². The quantitative estimate of drug-likeness (QED) is 0.696. The predicted molar refractivity (Wildman–Crippen MR) is 84.8 cm³/mol. The van der Waals surface area contributed by atoms with Crippen molar-refractivity contribution in [2.45, 2.75) is 33.1 Å². The van der Waals surface area contributed by atoms with E-state index in [2.05, 4.69) is 26.8 Å². The lowest BCUT2D eigenvalue weighted by Gasteiger charge is -2.20. The van der Waals surface area contributed by atoms with Crippen LogP contribution in [0.5, 0.6) is 0 Å². The summed E-state index contributed by atoms with van der Waals surface area (Å²) in [6.07, 6.45) is 0. The maximum absolute atomic E-state index is 12.6.